The van der Waals surface area contributed by atoms with Crippen molar-refractivity contribution >= 4 is 28.9 Å². The summed E-state index contributed by atoms with van der Waals surface area (Å²) in [5.41, 5.74) is 0. The fourth-order valence-corrected chi connectivity index (χ4v) is 1.97. The molecule has 0 bridgehead atoms. The van der Waals surface area contributed by atoms with E-state index >= 15 is 0 Å². The highest BCUT2D eigenvalue weighted by molar-refractivity contribution is 7.10. The topological polar surface area (TPSA) is 57.5 Å². The second kappa shape index (κ2) is 3.89. The van der Waals surface area contributed by atoms with Crippen LogP contribution in [0, 0.1) is 0 Å². The molecular weight excluding hydrogens is 200 g/mol. The maximum Gasteiger partial charge on any atom is 0.306 e. The number of rotatable bonds is 3. The second-order valence-electron chi connectivity index (χ2n) is 2.25. The fourth-order valence-electron chi connectivity index (χ4n) is 0.801. The maximum atomic E-state index is 10.2. The predicted octanol–water partition coefficient (Wildman–Crippen LogP) is 1.91. The van der Waals surface area contributed by atoms with Gasteiger partial charge in [-0.2, -0.15) is 0 Å². The van der Waals surface area contributed by atoms with Crippen LogP contribution >= 0.6 is 22.9 Å². The van der Waals surface area contributed by atoms with Crippen LogP contribution in [-0.2, 0) is 4.79 Å². The Kier molecular flexibility index (Phi) is 3.08. The van der Waals surface area contributed by atoms with E-state index in [0.717, 1.165) is 0 Å². The summed E-state index contributed by atoms with van der Waals surface area (Å²) in [6.07, 6.45) is -1.30. The highest BCUT2D eigenvalue weighted by Crippen LogP contribution is 2.30. The van der Waals surface area contributed by atoms with E-state index in [1.807, 2.05) is 0 Å². The largest absolute Gasteiger partial charge is 0.481 e. The lowest BCUT2D eigenvalue weighted by Gasteiger charge is -2.04. The number of carbonyl (C=O) groups is 1. The first kappa shape index (κ1) is 9.51. The lowest BCUT2D eigenvalue weighted by molar-refractivity contribution is -0.139. The third kappa shape index (κ3) is 2.20. The van der Waals surface area contributed by atoms with Crippen LogP contribution in [0.15, 0.2) is 11.4 Å². The van der Waals surface area contributed by atoms with Crippen molar-refractivity contribution in [1.29, 1.82) is 0 Å². The minimum Gasteiger partial charge on any atom is -0.481 e. The lowest BCUT2D eigenvalue weighted by atomic mass is 10.2. The summed E-state index contributed by atoms with van der Waals surface area (Å²) in [6, 6.07) is 1.63. The average Bonchev–Trinajstić information content (AvgIpc) is 2.33. The number of carboxylic acid groups (broad SMARTS) is 1. The standard InChI is InChI=1S/C7H7ClO3S/c8-4-1-2-12-7(4)5(9)3-6(10)11/h1-2,5,9H,3H2,(H,10,11). The van der Waals surface area contributed by atoms with Crippen molar-refractivity contribution in [3.8, 4) is 0 Å². The molecule has 0 aromatic carbocycles. The second-order valence-corrected chi connectivity index (χ2v) is 3.60. The molecule has 0 spiro atoms. The van der Waals surface area contributed by atoms with Crippen molar-refractivity contribution in [2.75, 3.05) is 0 Å². The highest BCUT2D eigenvalue weighted by Gasteiger charge is 2.15. The first-order valence-corrected chi connectivity index (χ1v) is 4.49. The first-order valence-electron chi connectivity index (χ1n) is 3.24. The van der Waals surface area contributed by atoms with Gasteiger partial charge in [-0.25, -0.2) is 0 Å². The van der Waals surface area contributed by atoms with E-state index in [4.69, 9.17) is 16.7 Å². The van der Waals surface area contributed by atoms with Crippen LogP contribution in [0.2, 0.25) is 5.02 Å². The van der Waals surface area contributed by atoms with Gasteiger partial charge >= 0.3 is 5.97 Å². The summed E-state index contributed by atoms with van der Waals surface area (Å²) < 4.78 is 0. The van der Waals surface area contributed by atoms with E-state index in [0.29, 0.717) is 9.90 Å². The van der Waals surface area contributed by atoms with Gasteiger partial charge in [0.15, 0.2) is 0 Å². The molecule has 0 saturated heterocycles. The lowest BCUT2D eigenvalue weighted by Crippen LogP contribution is -2.03. The number of hydrogen-bond donors (Lipinski definition) is 2. The van der Waals surface area contributed by atoms with Gasteiger partial charge in [0.25, 0.3) is 0 Å². The molecule has 0 saturated carbocycles. The minimum atomic E-state index is -1.04. The Balaban J connectivity index is 2.71. The van der Waals surface area contributed by atoms with E-state index in [2.05, 4.69) is 0 Å². The van der Waals surface area contributed by atoms with Crippen LogP contribution in [-0.4, -0.2) is 16.2 Å². The number of carboxylic acids is 1. The summed E-state index contributed by atoms with van der Waals surface area (Å²) in [6.45, 7) is 0. The van der Waals surface area contributed by atoms with Crippen LogP contribution in [0.4, 0.5) is 0 Å². The smallest absolute Gasteiger partial charge is 0.306 e. The highest BCUT2D eigenvalue weighted by atomic mass is 35.5. The van der Waals surface area contributed by atoms with Gasteiger partial charge < -0.3 is 10.2 Å². The molecule has 1 aromatic heterocycles. The third-order valence-corrected chi connectivity index (χ3v) is 2.78. The van der Waals surface area contributed by atoms with Gasteiger partial charge in [-0.05, 0) is 11.4 Å². The molecule has 1 unspecified atom stereocenters. The van der Waals surface area contributed by atoms with Crippen molar-refractivity contribution in [3.63, 3.8) is 0 Å². The summed E-state index contributed by atoms with van der Waals surface area (Å²) in [4.78, 5) is 10.7. The maximum absolute atomic E-state index is 10.2. The molecule has 66 valence electrons. The number of aliphatic hydroxyl groups is 1. The van der Waals surface area contributed by atoms with Gasteiger partial charge in [-0.15, -0.1) is 11.3 Å². The molecule has 0 fully saturated rings. The number of thiophene rings is 1. The van der Waals surface area contributed by atoms with E-state index in [1.54, 1.807) is 11.4 Å². The Morgan fingerprint density at radius 2 is 2.42 bits per heavy atom. The molecular formula is C7H7ClO3S. The Labute approximate surface area is 78.2 Å². The van der Waals surface area contributed by atoms with E-state index < -0.39 is 12.1 Å². The molecule has 5 heteroatoms. The summed E-state index contributed by atoms with van der Waals surface area (Å²) >= 11 is 6.93. The number of aliphatic hydroxyl groups excluding tert-OH is 1. The summed E-state index contributed by atoms with van der Waals surface area (Å²) in [7, 11) is 0. The van der Waals surface area contributed by atoms with Gasteiger partial charge in [-0.1, -0.05) is 11.6 Å². The van der Waals surface area contributed by atoms with Crippen molar-refractivity contribution in [2.45, 2.75) is 12.5 Å². The average molecular weight is 207 g/mol. The Morgan fingerprint density at radius 1 is 1.75 bits per heavy atom. The Morgan fingerprint density at radius 3 is 2.83 bits per heavy atom. The minimum absolute atomic E-state index is 0.305. The van der Waals surface area contributed by atoms with Gasteiger partial charge in [-0.3, -0.25) is 4.79 Å². The van der Waals surface area contributed by atoms with Gasteiger partial charge in [0.05, 0.1) is 16.3 Å². The molecule has 0 radical (unpaired) electrons. The molecule has 0 aliphatic heterocycles. The number of aliphatic carboxylic acids is 1. The molecule has 0 aliphatic rings. The monoisotopic (exact) mass is 206 g/mol. The van der Waals surface area contributed by atoms with Crippen molar-refractivity contribution in [2.24, 2.45) is 0 Å². The molecule has 1 aromatic rings. The van der Waals surface area contributed by atoms with Gasteiger partial charge in [0.1, 0.15) is 6.10 Å². The van der Waals surface area contributed by atoms with E-state index in [1.165, 1.54) is 11.3 Å². The van der Waals surface area contributed by atoms with Crippen LogP contribution in [0.1, 0.15) is 17.4 Å². The zero-order valence-corrected chi connectivity index (χ0v) is 7.60. The molecule has 1 rings (SSSR count). The first-order chi connectivity index (χ1) is 5.61. The van der Waals surface area contributed by atoms with E-state index in [9.17, 15) is 9.90 Å². The predicted molar refractivity (Wildman–Crippen MR) is 46.5 cm³/mol. The van der Waals surface area contributed by atoms with Crippen molar-refractivity contribution in [3.05, 3.63) is 21.3 Å². The van der Waals surface area contributed by atoms with Gasteiger partial charge in [0.2, 0.25) is 0 Å². The van der Waals surface area contributed by atoms with Crippen LogP contribution < -0.4 is 0 Å². The zero-order chi connectivity index (χ0) is 9.14. The molecule has 0 aliphatic carbocycles. The normalized spacial score (nSPS) is 12.8. The molecule has 1 atom stereocenters. The van der Waals surface area contributed by atoms with E-state index in [-0.39, 0.29) is 6.42 Å². The molecule has 0 amide bonds. The molecule has 2 N–H and O–H groups in total. The number of halogens is 1. The van der Waals surface area contributed by atoms with Crippen molar-refractivity contribution in [1.82, 2.24) is 0 Å². The van der Waals surface area contributed by atoms with Gasteiger partial charge in [0, 0.05) is 0 Å². The molecule has 3 nitrogen and oxygen atoms in total. The molecule has 12 heavy (non-hydrogen) atoms. The Bertz CT molecular complexity index is 284. The number of hydrogen-bond acceptors (Lipinski definition) is 3. The summed E-state index contributed by atoms with van der Waals surface area (Å²) in [5.74, 6) is -1.04. The molecule has 1 heterocycles. The zero-order valence-electron chi connectivity index (χ0n) is 6.03. The summed E-state index contributed by atoms with van der Waals surface area (Å²) in [5, 5.41) is 19.8. The van der Waals surface area contributed by atoms with Crippen molar-refractivity contribution < 1.29 is 15.0 Å². The SMILES string of the molecule is O=C(O)CC(O)c1sccc1Cl. The Hall–Kier alpha value is -0.580. The third-order valence-electron chi connectivity index (χ3n) is 1.32. The quantitative estimate of drug-likeness (QED) is 0.795. The fraction of sp³-hybridized carbons (Fsp3) is 0.286. The van der Waals surface area contributed by atoms with Crippen LogP contribution in [0.5, 0.6) is 0 Å². The van der Waals surface area contributed by atoms with Crippen LogP contribution in [0.3, 0.4) is 0 Å². The van der Waals surface area contributed by atoms with Crippen LogP contribution in [0.25, 0.3) is 0 Å².